The van der Waals surface area contributed by atoms with Crippen molar-refractivity contribution in [1.29, 1.82) is 0 Å². The van der Waals surface area contributed by atoms with Crippen LogP contribution in [-0.2, 0) is 28.7 Å². The van der Waals surface area contributed by atoms with Crippen LogP contribution in [0.15, 0.2) is 11.6 Å². The molecule has 5 aliphatic carbocycles. The molecule has 0 heterocycles. The van der Waals surface area contributed by atoms with Crippen LogP contribution in [0.5, 0.6) is 0 Å². The van der Waals surface area contributed by atoms with E-state index in [0.29, 0.717) is 38.5 Å². The lowest BCUT2D eigenvalue weighted by Crippen LogP contribution is -2.70. The van der Waals surface area contributed by atoms with Gasteiger partial charge in [-0.1, -0.05) is 39.3 Å². The predicted octanol–water partition coefficient (Wildman–Crippen LogP) is 5.22. The molecule has 222 valence electrons. The summed E-state index contributed by atoms with van der Waals surface area (Å²) in [7, 11) is 1.44. The Morgan fingerprint density at radius 3 is 2.30 bits per heavy atom. The summed E-state index contributed by atoms with van der Waals surface area (Å²) in [6.45, 7) is 13.8. The zero-order valence-corrected chi connectivity index (χ0v) is 25.6. The lowest BCUT2D eigenvalue weighted by atomic mass is 9.33. The van der Waals surface area contributed by atoms with Gasteiger partial charge in [0.15, 0.2) is 0 Å². The number of aldehydes is 1. The van der Waals surface area contributed by atoms with Gasteiger partial charge in [0.2, 0.25) is 0 Å². The van der Waals surface area contributed by atoms with Gasteiger partial charge < -0.3 is 19.4 Å². The number of methoxy groups -OCH3 is 1. The van der Waals surface area contributed by atoms with Crippen molar-refractivity contribution in [1.82, 2.24) is 0 Å². The molecule has 0 radical (unpaired) electrons. The summed E-state index contributed by atoms with van der Waals surface area (Å²) < 4.78 is 11.0. The first kappa shape index (κ1) is 29.5. The standard InChI is InChI=1S/C33H48O7/c1-19-11-14-33(27(37)39-8)16-15-30(5)21(25(33)32(19,7)38)9-10-23-28(3)13-12-24(40-20(2)35)29(4,18-34)26(28)22(36)17-31(23,30)6/h9,18-19,23-26,38H,10-17H2,1-8H3/t19-,23-,24+,25-,26-,28-,29-,30-,31-,32-,33+/m1/s1. The maximum absolute atomic E-state index is 14.4. The van der Waals surface area contributed by atoms with E-state index in [9.17, 15) is 24.3 Å². The lowest BCUT2D eigenvalue weighted by Gasteiger charge is -2.71. The Kier molecular flexibility index (Phi) is 6.62. The molecule has 5 aliphatic rings. The quantitative estimate of drug-likeness (QED) is 0.288. The molecule has 0 aromatic carbocycles. The van der Waals surface area contributed by atoms with Crippen LogP contribution < -0.4 is 0 Å². The fourth-order valence-electron chi connectivity index (χ4n) is 11.1. The van der Waals surface area contributed by atoms with E-state index < -0.39 is 50.7 Å². The van der Waals surface area contributed by atoms with E-state index in [1.54, 1.807) is 6.92 Å². The molecule has 0 amide bonds. The summed E-state index contributed by atoms with van der Waals surface area (Å²) in [5.41, 5.74) is -3.13. The molecular weight excluding hydrogens is 508 g/mol. The van der Waals surface area contributed by atoms with Crippen LogP contribution in [0.4, 0.5) is 0 Å². The predicted molar refractivity (Wildman–Crippen MR) is 149 cm³/mol. The maximum Gasteiger partial charge on any atom is 0.312 e. The molecule has 0 bridgehead atoms. The van der Waals surface area contributed by atoms with Gasteiger partial charge in [0.25, 0.3) is 0 Å². The van der Waals surface area contributed by atoms with Crippen molar-refractivity contribution < 1.29 is 33.8 Å². The number of esters is 2. The average molecular weight is 557 g/mol. The van der Waals surface area contributed by atoms with Crippen LogP contribution in [0.25, 0.3) is 0 Å². The SMILES string of the molecule is COC(=O)[C@]12CC[C@@H](C)[C@@](C)(O)[C@H]1C1=CC[C@@H]3[C@@]4(C)CC[C@H](OC(C)=O)[C@@](C)(C=O)[C@@H]4C(=O)C[C@@]3(C)[C@]1(C)CC2. The molecule has 0 unspecified atom stereocenters. The third-order valence-electron chi connectivity index (χ3n) is 13.5. The van der Waals surface area contributed by atoms with Crippen molar-refractivity contribution in [2.45, 2.75) is 112 Å². The monoisotopic (exact) mass is 556 g/mol. The van der Waals surface area contributed by atoms with E-state index in [-0.39, 0.29) is 29.5 Å². The Hall–Kier alpha value is -2.02. The first-order valence-corrected chi connectivity index (χ1v) is 15.2. The molecule has 40 heavy (non-hydrogen) atoms. The van der Waals surface area contributed by atoms with Crippen LogP contribution in [-0.4, -0.2) is 47.9 Å². The van der Waals surface area contributed by atoms with Crippen molar-refractivity contribution >= 4 is 24.0 Å². The van der Waals surface area contributed by atoms with E-state index in [4.69, 9.17) is 9.47 Å². The summed E-state index contributed by atoms with van der Waals surface area (Å²) in [5.74, 6) is -1.40. The highest BCUT2D eigenvalue weighted by molar-refractivity contribution is 5.89. The minimum Gasteiger partial charge on any atom is -0.469 e. The molecule has 1 N–H and O–H groups in total. The van der Waals surface area contributed by atoms with E-state index >= 15 is 0 Å². The average Bonchev–Trinajstić information content (AvgIpc) is 2.87. The molecule has 5 rings (SSSR count). The molecule has 7 heteroatoms. The fourth-order valence-corrected chi connectivity index (χ4v) is 11.1. The van der Waals surface area contributed by atoms with Gasteiger partial charge in [-0.05, 0) is 86.9 Å². The molecule has 11 atom stereocenters. The second-order valence-electron chi connectivity index (χ2n) is 15.1. The highest BCUT2D eigenvalue weighted by atomic mass is 16.5. The molecular formula is C33H48O7. The summed E-state index contributed by atoms with van der Waals surface area (Å²) in [5, 5.41) is 12.1. The molecule has 0 spiro atoms. The number of aliphatic hydroxyl groups is 1. The number of Topliss-reactive ketones (excluding diaryl/α,β-unsaturated/α-hetero) is 1. The summed E-state index contributed by atoms with van der Waals surface area (Å²) in [6.07, 6.45) is 7.57. The molecule has 4 saturated carbocycles. The molecule has 0 saturated heterocycles. The highest BCUT2D eigenvalue weighted by Crippen LogP contribution is 2.75. The van der Waals surface area contributed by atoms with Gasteiger partial charge in [-0.3, -0.25) is 14.4 Å². The Labute approximate surface area is 238 Å². The first-order valence-electron chi connectivity index (χ1n) is 15.2. The van der Waals surface area contributed by atoms with Crippen molar-refractivity contribution in [2.75, 3.05) is 7.11 Å². The lowest BCUT2D eigenvalue weighted by molar-refractivity contribution is -0.217. The second kappa shape index (κ2) is 8.99. The first-order chi connectivity index (χ1) is 18.5. The van der Waals surface area contributed by atoms with E-state index in [0.717, 1.165) is 24.7 Å². The van der Waals surface area contributed by atoms with Gasteiger partial charge >= 0.3 is 11.9 Å². The van der Waals surface area contributed by atoms with E-state index in [1.165, 1.54) is 14.0 Å². The number of carbonyl (C=O) groups excluding carboxylic acids is 4. The number of rotatable bonds is 3. The summed E-state index contributed by atoms with van der Waals surface area (Å²) in [4.78, 5) is 52.5. The van der Waals surface area contributed by atoms with Crippen LogP contribution in [0.3, 0.4) is 0 Å². The minimum atomic E-state index is -1.09. The zero-order chi connectivity index (χ0) is 29.7. The van der Waals surface area contributed by atoms with Gasteiger partial charge in [-0.25, -0.2) is 0 Å². The maximum atomic E-state index is 14.4. The minimum absolute atomic E-state index is 0.0174. The van der Waals surface area contributed by atoms with Crippen molar-refractivity contribution in [3.05, 3.63) is 11.6 Å². The van der Waals surface area contributed by atoms with Crippen molar-refractivity contribution in [3.8, 4) is 0 Å². The fraction of sp³-hybridized carbons (Fsp3) is 0.818. The Morgan fingerprint density at radius 1 is 1.02 bits per heavy atom. The smallest absolute Gasteiger partial charge is 0.312 e. The molecule has 0 aromatic rings. The second-order valence-corrected chi connectivity index (χ2v) is 15.1. The van der Waals surface area contributed by atoms with Crippen LogP contribution in [0, 0.1) is 50.7 Å². The largest absolute Gasteiger partial charge is 0.469 e. The summed E-state index contributed by atoms with van der Waals surface area (Å²) >= 11 is 0. The van der Waals surface area contributed by atoms with Crippen molar-refractivity contribution in [2.24, 2.45) is 50.7 Å². The number of carbonyl (C=O) groups is 4. The third-order valence-corrected chi connectivity index (χ3v) is 13.5. The number of fused-ring (bicyclic) bond motifs is 7. The zero-order valence-electron chi connectivity index (χ0n) is 25.6. The number of hydrogen-bond donors (Lipinski definition) is 1. The van der Waals surface area contributed by atoms with Crippen LogP contribution in [0.2, 0.25) is 0 Å². The molecule has 7 nitrogen and oxygen atoms in total. The molecule has 0 aliphatic heterocycles. The van der Waals surface area contributed by atoms with E-state index in [1.807, 2.05) is 6.92 Å². The highest BCUT2D eigenvalue weighted by Gasteiger charge is 2.73. The number of hydrogen-bond acceptors (Lipinski definition) is 7. The van der Waals surface area contributed by atoms with Crippen molar-refractivity contribution in [3.63, 3.8) is 0 Å². The van der Waals surface area contributed by atoms with Gasteiger partial charge in [0.05, 0.1) is 23.5 Å². The van der Waals surface area contributed by atoms with Gasteiger partial charge in [0, 0.05) is 25.2 Å². The normalized spacial score (nSPS) is 51.7. The Bertz CT molecular complexity index is 1170. The van der Waals surface area contributed by atoms with Gasteiger partial charge in [-0.2, -0.15) is 0 Å². The van der Waals surface area contributed by atoms with Crippen LogP contribution >= 0.6 is 0 Å². The van der Waals surface area contributed by atoms with Gasteiger partial charge in [-0.15, -0.1) is 0 Å². The number of ether oxygens (including phenoxy) is 2. The number of ketones is 1. The Balaban J connectivity index is 1.64. The molecule has 4 fully saturated rings. The molecule has 0 aromatic heterocycles. The van der Waals surface area contributed by atoms with Gasteiger partial charge in [0.1, 0.15) is 18.2 Å². The number of allylic oxidation sites excluding steroid dienone is 1. The summed E-state index contributed by atoms with van der Waals surface area (Å²) in [6, 6.07) is 0. The van der Waals surface area contributed by atoms with Crippen LogP contribution in [0.1, 0.15) is 99.8 Å². The Morgan fingerprint density at radius 2 is 1.70 bits per heavy atom. The third kappa shape index (κ3) is 3.45. The van der Waals surface area contributed by atoms with E-state index in [2.05, 4.69) is 33.8 Å². The topological polar surface area (TPSA) is 107 Å².